The van der Waals surface area contributed by atoms with Crippen LogP contribution in [0.15, 0.2) is 24.3 Å². The van der Waals surface area contributed by atoms with E-state index in [0.717, 1.165) is 23.7 Å². The summed E-state index contributed by atoms with van der Waals surface area (Å²) in [4.78, 5) is 0. The molecule has 4 aliphatic rings. The molecule has 0 spiro atoms. The van der Waals surface area contributed by atoms with Gasteiger partial charge < -0.3 is 18.8 Å². The lowest BCUT2D eigenvalue weighted by molar-refractivity contribution is -0.199. The Morgan fingerprint density at radius 3 is 2.57 bits per heavy atom. The van der Waals surface area contributed by atoms with Crippen LogP contribution in [-0.4, -0.2) is 37.3 Å². The minimum absolute atomic E-state index is 0.117. The molecule has 3 aliphatic carbocycles. The van der Waals surface area contributed by atoms with Gasteiger partial charge in [0.05, 0.1) is 36.8 Å². The topological polar surface area (TPSA) is 36.9 Å². The Hall–Kier alpha value is -0.555. The smallest absolute Gasteiger partial charge is 0.472 e. The van der Waals surface area contributed by atoms with Crippen LogP contribution in [0, 0.1) is 23.2 Å². The van der Waals surface area contributed by atoms with E-state index in [0.29, 0.717) is 24.5 Å². The van der Waals surface area contributed by atoms with Crippen LogP contribution >= 0.6 is 15.9 Å². The van der Waals surface area contributed by atoms with E-state index < -0.39 is 0 Å². The Labute approximate surface area is 177 Å². The molecule has 1 aliphatic heterocycles. The van der Waals surface area contributed by atoms with Crippen molar-refractivity contribution < 1.29 is 18.8 Å². The van der Waals surface area contributed by atoms with Gasteiger partial charge in [-0.2, -0.15) is 0 Å². The van der Waals surface area contributed by atoms with Gasteiger partial charge in [0, 0.05) is 0 Å². The van der Waals surface area contributed by atoms with Gasteiger partial charge in [-0.3, -0.25) is 0 Å². The lowest BCUT2D eigenvalue weighted by Crippen LogP contribution is -2.65. The Balaban J connectivity index is 1.29. The molecule has 6 atom stereocenters. The maximum Gasteiger partial charge on any atom is 0.472 e. The van der Waals surface area contributed by atoms with Gasteiger partial charge in [-0.15, -0.1) is 0 Å². The maximum absolute atomic E-state index is 6.57. The van der Waals surface area contributed by atoms with Crippen LogP contribution in [-0.2, 0) is 20.7 Å². The molecule has 154 valence electrons. The molecule has 28 heavy (non-hydrogen) atoms. The lowest BCUT2D eigenvalue weighted by atomic mass is 9.43. The predicted molar refractivity (Wildman–Crippen MR) is 115 cm³/mol. The molecule has 3 saturated carbocycles. The largest absolute Gasteiger partial charge is 0.497 e. The van der Waals surface area contributed by atoms with Crippen LogP contribution in [0.5, 0.6) is 5.75 Å². The zero-order chi connectivity index (χ0) is 20.1. The number of ether oxygens (including phenoxy) is 2. The van der Waals surface area contributed by atoms with Gasteiger partial charge in [-0.1, -0.05) is 48.8 Å². The normalized spacial score (nSPS) is 35.1. The van der Waals surface area contributed by atoms with Gasteiger partial charge in [0.1, 0.15) is 5.75 Å². The average molecular weight is 451 g/mol. The molecule has 1 saturated heterocycles. The quantitative estimate of drug-likeness (QED) is 0.438. The molecule has 4 fully saturated rings. The molecule has 0 N–H and O–H groups in total. The molecule has 1 aromatic rings. The fourth-order valence-electron chi connectivity index (χ4n) is 5.48. The second-order valence-corrected chi connectivity index (χ2v) is 10.7. The summed E-state index contributed by atoms with van der Waals surface area (Å²) in [6.45, 7) is 10.5. The highest BCUT2D eigenvalue weighted by Gasteiger charge is 2.68. The number of alkyl halides is 1. The molecule has 0 aromatic heterocycles. The van der Waals surface area contributed by atoms with Crippen molar-refractivity contribution in [3.8, 4) is 5.75 Å². The minimum atomic E-state index is -0.204. The van der Waals surface area contributed by atoms with Crippen LogP contribution in [0.2, 0.25) is 0 Å². The van der Waals surface area contributed by atoms with Crippen molar-refractivity contribution in [1.29, 1.82) is 0 Å². The molecular formula is C22H32BBrO4. The van der Waals surface area contributed by atoms with Crippen LogP contribution in [0.4, 0.5) is 0 Å². The highest BCUT2D eigenvalue weighted by Crippen LogP contribution is 2.65. The van der Waals surface area contributed by atoms with Gasteiger partial charge in [0.15, 0.2) is 0 Å². The summed E-state index contributed by atoms with van der Waals surface area (Å²) in [6, 6.07) is 8.00. The van der Waals surface area contributed by atoms with Gasteiger partial charge in [0.25, 0.3) is 0 Å². The Morgan fingerprint density at radius 2 is 1.93 bits per heavy atom. The summed E-state index contributed by atoms with van der Waals surface area (Å²) in [7, 11) is 1.47. The van der Waals surface area contributed by atoms with Crippen LogP contribution in [0.3, 0.4) is 0 Å². The zero-order valence-corrected chi connectivity index (χ0v) is 19.2. The standard InChI is InChI=1S/C22H32BBrO4/c1-14(12-26-13-15-6-8-17(25-5)9-7-15)20(24)23-27-19-11-16-10-18(21(16,2)3)22(19,4)28-23/h6-9,14,16,18-20H,10-13H2,1-5H3/t14-,16-,18-,19+,20+,22-/m1/s1. The summed E-state index contributed by atoms with van der Waals surface area (Å²) < 4.78 is 24.2. The third-order valence-corrected chi connectivity index (χ3v) is 8.92. The van der Waals surface area contributed by atoms with E-state index >= 15 is 0 Å². The third-order valence-electron chi connectivity index (χ3n) is 7.58. The monoisotopic (exact) mass is 450 g/mol. The Kier molecular flexibility index (Phi) is 5.63. The first-order chi connectivity index (χ1) is 13.3. The van der Waals surface area contributed by atoms with Crippen molar-refractivity contribution in [3.63, 3.8) is 0 Å². The molecule has 2 bridgehead atoms. The molecule has 0 amide bonds. The first-order valence-electron chi connectivity index (χ1n) is 10.4. The van der Waals surface area contributed by atoms with Crippen molar-refractivity contribution >= 4 is 23.0 Å². The fourth-order valence-corrected chi connectivity index (χ4v) is 5.86. The van der Waals surface area contributed by atoms with Crippen LogP contribution < -0.4 is 4.74 Å². The number of halogens is 1. The summed E-state index contributed by atoms with van der Waals surface area (Å²) in [5.41, 5.74) is 1.37. The highest BCUT2D eigenvalue weighted by atomic mass is 79.9. The van der Waals surface area contributed by atoms with E-state index in [4.69, 9.17) is 18.8 Å². The average Bonchev–Trinajstić information content (AvgIpc) is 3.04. The summed E-state index contributed by atoms with van der Waals surface area (Å²) in [6.07, 6.45) is 2.63. The number of rotatable bonds is 7. The van der Waals surface area contributed by atoms with E-state index in [2.05, 4.69) is 43.6 Å². The maximum atomic E-state index is 6.57. The van der Waals surface area contributed by atoms with Crippen molar-refractivity contribution in [2.24, 2.45) is 23.2 Å². The fraction of sp³-hybridized carbons (Fsp3) is 0.727. The van der Waals surface area contributed by atoms with Crippen molar-refractivity contribution in [2.75, 3.05) is 13.7 Å². The number of benzene rings is 1. The van der Waals surface area contributed by atoms with Gasteiger partial charge >= 0.3 is 7.12 Å². The van der Waals surface area contributed by atoms with Crippen LogP contribution in [0.25, 0.3) is 0 Å². The molecule has 5 rings (SSSR count). The number of hydrogen-bond donors (Lipinski definition) is 0. The number of methoxy groups -OCH3 is 1. The van der Waals surface area contributed by atoms with Crippen molar-refractivity contribution in [1.82, 2.24) is 0 Å². The first-order valence-corrected chi connectivity index (χ1v) is 11.3. The predicted octanol–water partition coefficient (Wildman–Crippen LogP) is 4.88. The van der Waals surface area contributed by atoms with Crippen molar-refractivity contribution in [3.05, 3.63) is 29.8 Å². The SMILES string of the molecule is COc1ccc(COC[C@@H](C)[C@H](Br)B2O[C@H]3C[C@H]4C[C@H](C4(C)C)[C@@]3(C)O2)cc1. The van der Waals surface area contributed by atoms with Crippen molar-refractivity contribution in [2.45, 2.75) is 63.6 Å². The Morgan fingerprint density at radius 1 is 1.21 bits per heavy atom. The molecule has 1 heterocycles. The first kappa shape index (κ1) is 20.7. The van der Waals surface area contributed by atoms with Gasteiger partial charge in [0.2, 0.25) is 0 Å². The van der Waals surface area contributed by atoms with E-state index in [9.17, 15) is 0 Å². The van der Waals surface area contributed by atoms with Gasteiger partial charge in [-0.05, 0) is 60.6 Å². The summed E-state index contributed by atoms with van der Waals surface area (Å²) >= 11 is 3.85. The molecule has 0 radical (unpaired) electrons. The minimum Gasteiger partial charge on any atom is -0.497 e. The number of hydrogen-bond acceptors (Lipinski definition) is 4. The molecule has 1 aromatic carbocycles. The molecular weight excluding hydrogens is 419 g/mol. The third kappa shape index (κ3) is 3.44. The second-order valence-electron chi connectivity index (χ2n) is 9.62. The summed E-state index contributed by atoms with van der Waals surface area (Å²) in [5.74, 6) is 2.52. The van der Waals surface area contributed by atoms with Crippen LogP contribution in [0.1, 0.15) is 46.1 Å². The van der Waals surface area contributed by atoms with Gasteiger partial charge in [-0.25, -0.2) is 0 Å². The van der Waals surface area contributed by atoms with E-state index in [-0.39, 0.29) is 29.5 Å². The second kappa shape index (κ2) is 7.61. The summed E-state index contributed by atoms with van der Waals surface area (Å²) in [5, 5.41) is 0. The molecule has 0 unspecified atom stereocenters. The molecule has 6 heteroatoms. The lowest BCUT2D eigenvalue weighted by Gasteiger charge is -2.64. The van der Waals surface area contributed by atoms with E-state index in [1.807, 2.05) is 24.3 Å². The highest BCUT2D eigenvalue weighted by molar-refractivity contribution is 9.10. The Bertz CT molecular complexity index is 696. The molecule has 4 nitrogen and oxygen atoms in total. The van der Waals surface area contributed by atoms with E-state index in [1.165, 1.54) is 6.42 Å². The van der Waals surface area contributed by atoms with E-state index in [1.54, 1.807) is 7.11 Å². The zero-order valence-electron chi connectivity index (χ0n) is 17.6.